The zero-order valence-corrected chi connectivity index (χ0v) is 13.6. The highest BCUT2D eigenvalue weighted by Crippen LogP contribution is 2.24. The Morgan fingerprint density at radius 3 is 2.71 bits per heavy atom. The lowest BCUT2D eigenvalue weighted by molar-refractivity contribution is -0.128. The van der Waals surface area contributed by atoms with Crippen LogP contribution in [0.3, 0.4) is 0 Å². The molecule has 5 nitrogen and oxygen atoms in total. The Morgan fingerprint density at radius 1 is 1.08 bits per heavy atom. The zero-order valence-electron chi connectivity index (χ0n) is 13.6. The molecule has 0 bridgehead atoms. The van der Waals surface area contributed by atoms with Crippen LogP contribution in [0.1, 0.15) is 25.7 Å². The Balaban J connectivity index is 1.56. The van der Waals surface area contributed by atoms with Crippen LogP contribution in [0.5, 0.6) is 0 Å². The second kappa shape index (κ2) is 7.45. The summed E-state index contributed by atoms with van der Waals surface area (Å²) in [5, 5.41) is 7.66. The lowest BCUT2D eigenvalue weighted by atomic mass is 9.85. The van der Waals surface area contributed by atoms with Gasteiger partial charge in [-0.1, -0.05) is 42.8 Å². The zero-order chi connectivity index (χ0) is 16.9. The van der Waals surface area contributed by atoms with Crippen LogP contribution in [0.25, 0.3) is 10.8 Å². The summed E-state index contributed by atoms with van der Waals surface area (Å²) in [6, 6.07) is 13.7. The van der Waals surface area contributed by atoms with Crippen LogP contribution < -0.4 is 16.4 Å². The minimum absolute atomic E-state index is 0.0200. The molecule has 0 spiro atoms. The highest BCUT2D eigenvalue weighted by Gasteiger charge is 2.25. The third-order valence-electron chi connectivity index (χ3n) is 4.57. The van der Waals surface area contributed by atoms with E-state index in [-0.39, 0.29) is 30.3 Å². The van der Waals surface area contributed by atoms with Crippen LogP contribution in [-0.4, -0.2) is 24.4 Å². The highest BCUT2D eigenvalue weighted by molar-refractivity contribution is 6.03. The number of nitrogens with one attached hydrogen (secondary N) is 2. The third kappa shape index (κ3) is 3.92. The molecule has 0 aromatic heterocycles. The maximum Gasteiger partial charge on any atom is 0.243 e. The first-order chi connectivity index (χ1) is 11.6. The predicted molar refractivity (Wildman–Crippen MR) is 95.5 cm³/mol. The number of rotatable bonds is 4. The Morgan fingerprint density at radius 2 is 1.88 bits per heavy atom. The molecule has 0 aliphatic heterocycles. The summed E-state index contributed by atoms with van der Waals surface area (Å²) in [4.78, 5) is 24.3. The monoisotopic (exact) mass is 325 g/mol. The van der Waals surface area contributed by atoms with Crippen LogP contribution >= 0.6 is 0 Å². The van der Waals surface area contributed by atoms with Gasteiger partial charge in [0.1, 0.15) is 0 Å². The molecule has 2 aromatic carbocycles. The Kier molecular flexibility index (Phi) is 5.11. The van der Waals surface area contributed by atoms with Crippen molar-refractivity contribution in [1.82, 2.24) is 5.32 Å². The van der Waals surface area contributed by atoms with Crippen LogP contribution in [0.15, 0.2) is 42.5 Å². The third-order valence-corrected chi connectivity index (χ3v) is 4.57. The van der Waals surface area contributed by atoms with Crippen LogP contribution in [-0.2, 0) is 9.59 Å². The molecule has 2 aromatic rings. The molecule has 1 aliphatic rings. The second-order valence-electron chi connectivity index (χ2n) is 6.42. The standard InChI is InChI=1S/C19H23N3O2/c20-15-8-3-7-14(11-15)19(24)21-12-18(23)22-17-10-4-6-13-5-1-2-9-16(13)17/h1-2,4-6,9-10,14-15H,3,7-8,11-12,20H2,(H,21,24)(H,22,23). The van der Waals surface area contributed by atoms with E-state index in [4.69, 9.17) is 5.73 Å². The fourth-order valence-corrected chi connectivity index (χ4v) is 3.31. The van der Waals surface area contributed by atoms with Gasteiger partial charge in [-0.25, -0.2) is 0 Å². The largest absolute Gasteiger partial charge is 0.347 e. The van der Waals surface area contributed by atoms with Gasteiger partial charge in [-0.2, -0.15) is 0 Å². The predicted octanol–water partition coefficient (Wildman–Crippen LogP) is 2.41. The first-order valence-corrected chi connectivity index (χ1v) is 8.44. The summed E-state index contributed by atoms with van der Waals surface area (Å²) in [6.07, 6.45) is 3.51. The molecule has 1 aliphatic carbocycles. The minimum Gasteiger partial charge on any atom is -0.347 e. The van der Waals surface area contributed by atoms with Gasteiger partial charge in [0.25, 0.3) is 0 Å². The normalized spacial score (nSPS) is 20.5. The molecule has 2 atom stereocenters. The number of hydrogen-bond donors (Lipinski definition) is 3. The van der Waals surface area contributed by atoms with Crippen molar-refractivity contribution in [2.75, 3.05) is 11.9 Å². The summed E-state index contributed by atoms with van der Waals surface area (Å²) >= 11 is 0. The molecule has 1 saturated carbocycles. The summed E-state index contributed by atoms with van der Waals surface area (Å²) in [5.41, 5.74) is 6.67. The van der Waals surface area contributed by atoms with E-state index in [1.54, 1.807) is 0 Å². The highest BCUT2D eigenvalue weighted by atomic mass is 16.2. The van der Waals surface area contributed by atoms with E-state index in [2.05, 4.69) is 10.6 Å². The summed E-state index contributed by atoms with van der Waals surface area (Å²) < 4.78 is 0. The van der Waals surface area contributed by atoms with Gasteiger partial charge >= 0.3 is 0 Å². The van der Waals surface area contributed by atoms with Crippen molar-refractivity contribution >= 4 is 28.3 Å². The first kappa shape index (κ1) is 16.5. The fraction of sp³-hybridized carbons (Fsp3) is 0.368. The number of amides is 2. The lowest BCUT2D eigenvalue weighted by Crippen LogP contribution is -2.40. The SMILES string of the molecule is NC1CCCC(C(=O)NCC(=O)Nc2cccc3ccccc23)C1. The van der Waals surface area contributed by atoms with Gasteiger partial charge in [0, 0.05) is 23.0 Å². The summed E-state index contributed by atoms with van der Waals surface area (Å²) in [5.74, 6) is -0.364. The molecule has 24 heavy (non-hydrogen) atoms. The topological polar surface area (TPSA) is 84.2 Å². The number of nitrogens with two attached hydrogens (primary N) is 1. The number of carbonyl (C=O) groups is 2. The average molecular weight is 325 g/mol. The average Bonchev–Trinajstić information content (AvgIpc) is 2.60. The summed E-state index contributed by atoms with van der Waals surface area (Å²) in [7, 11) is 0. The van der Waals surface area contributed by atoms with E-state index in [0.29, 0.717) is 6.42 Å². The van der Waals surface area contributed by atoms with Gasteiger partial charge in [0.05, 0.1) is 6.54 Å². The quantitative estimate of drug-likeness (QED) is 0.807. The number of benzene rings is 2. The van der Waals surface area contributed by atoms with E-state index in [1.165, 1.54) is 0 Å². The number of fused-ring (bicyclic) bond motifs is 1. The number of carbonyl (C=O) groups excluding carboxylic acids is 2. The molecule has 2 unspecified atom stereocenters. The molecule has 4 N–H and O–H groups in total. The molecule has 3 rings (SSSR count). The van der Waals surface area contributed by atoms with Crippen molar-refractivity contribution in [2.24, 2.45) is 11.7 Å². The number of hydrogen-bond acceptors (Lipinski definition) is 3. The second-order valence-corrected chi connectivity index (χ2v) is 6.42. The van der Waals surface area contributed by atoms with Gasteiger partial charge in [-0.3, -0.25) is 9.59 Å². The van der Waals surface area contributed by atoms with Crippen LogP contribution in [0.4, 0.5) is 5.69 Å². The van der Waals surface area contributed by atoms with E-state index >= 15 is 0 Å². The van der Waals surface area contributed by atoms with Crippen molar-refractivity contribution in [2.45, 2.75) is 31.7 Å². The van der Waals surface area contributed by atoms with Crippen LogP contribution in [0.2, 0.25) is 0 Å². The van der Waals surface area contributed by atoms with E-state index in [9.17, 15) is 9.59 Å². The van der Waals surface area contributed by atoms with Crippen molar-refractivity contribution in [1.29, 1.82) is 0 Å². The maximum absolute atomic E-state index is 12.2. The molecular formula is C19H23N3O2. The van der Waals surface area contributed by atoms with Gasteiger partial charge in [0.15, 0.2) is 0 Å². The molecule has 0 heterocycles. The molecule has 0 radical (unpaired) electrons. The Bertz CT molecular complexity index is 739. The Hall–Kier alpha value is -2.40. The Labute approximate surface area is 141 Å². The van der Waals surface area contributed by atoms with Crippen molar-refractivity contribution in [3.8, 4) is 0 Å². The molecule has 126 valence electrons. The van der Waals surface area contributed by atoms with Crippen LogP contribution in [0, 0.1) is 5.92 Å². The number of anilines is 1. The van der Waals surface area contributed by atoms with E-state index in [1.807, 2.05) is 42.5 Å². The first-order valence-electron chi connectivity index (χ1n) is 8.44. The lowest BCUT2D eigenvalue weighted by Gasteiger charge is -2.25. The smallest absolute Gasteiger partial charge is 0.243 e. The molecular weight excluding hydrogens is 302 g/mol. The van der Waals surface area contributed by atoms with Gasteiger partial charge in [-0.05, 0) is 30.7 Å². The summed E-state index contributed by atoms with van der Waals surface area (Å²) in [6.45, 7) is -0.0200. The van der Waals surface area contributed by atoms with Gasteiger partial charge in [-0.15, -0.1) is 0 Å². The van der Waals surface area contributed by atoms with E-state index < -0.39 is 0 Å². The van der Waals surface area contributed by atoms with Crippen molar-refractivity contribution in [3.63, 3.8) is 0 Å². The maximum atomic E-state index is 12.2. The minimum atomic E-state index is -0.222. The van der Waals surface area contributed by atoms with E-state index in [0.717, 1.165) is 35.7 Å². The van der Waals surface area contributed by atoms with Crippen molar-refractivity contribution < 1.29 is 9.59 Å². The molecule has 2 amide bonds. The fourth-order valence-electron chi connectivity index (χ4n) is 3.31. The molecule has 0 saturated heterocycles. The molecule has 5 heteroatoms. The van der Waals surface area contributed by atoms with Gasteiger partial charge in [0.2, 0.25) is 11.8 Å². The van der Waals surface area contributed by atoms with Gasteiger partial charge < -0.3 is 16.4 Å². The van der Waals surface area contributed by atoms with Crippen molar-refractivity contribution in [3.05, 3.63) is 42.5 Å². The molecule has 1 fully saturated rings.